The predicted octanol–water partition coefficient (Wildman–Crippen LogP) is 1.38. The molecular weight excluding hydrogens is 396 g/mol. The summed E-state index contributed by atoms with van der Waals surface area (Å²) < 4.78 is 34.1. The summed E-state index contributed by atoms with van der Waals surface area (Å²) in [5.74, 6) is -0.975. The summed E-state index contributed by atoms with van der Waals surface area (Å²) in [6.07, 6.45) is 1.99. The minimum atomic E-state index is -3.58. The van der Waals surface area contributed by atoms with Crippen molar-refractivity contribution >= 4 is 39.8 Å². The first kappa shape index (κ1) is 23.4. The van der Waals surface area contributed by atoms with E-state index in [0.29, 0.717) is 26.1 Å². The summed E-state index contributed by atoms with van der Waals surface area (Å²) in [4.78, 5) is 24.7. The Morgan fingerprint density at radius 2 is 1.89 bits per heavy atom. The molecule has 0 aromatic heterocycles. The van der Waals surface area contributed by atoms with E-state index >= 15 is 0 Å². The van der Waals surface area contributed by atoms with Gasteiger partial charge in [-0.1, -0.05) is 0 Å². The van der Waals surface area contributed by atoms with Crippen molar-refractivity contribution in [2.45, 2.75) is 24.7 Å². The minimum absolute atomic E-state index is 0. The van der Waals surface area contributed by atoms with Crippen molar-refractivity contribution in [1.82, 2.24) is 0 Å². The molecule has 8 nitrogen and oxygen atoms in total. The molecular formula is C17H25ClN2O6S. The minimum Gasteiger partial charge on any atom is -0.462 e. The standard InChI is InChI=1S/C17H24N2O6S.ClH/c1-3-25-15(20)12-8-13(10-14(9-12)26(2,22)23)19-16(21)17(11-18)4-6-24-7-5-17;/h8-10H,3-7,11,18H2,1-2H3,(H,19,21);1H. The van der Waals surface area contributed by atoms with Gasteiger partial charge in [-0.25, -0.2) is 13.2 Å². The number of amides is 1. The third kappa shape index (κ3) is 5.65. The van der Waals surface area contributed by atoms with Crippen molar-refractivity contribution in [3.8, 4) is 0 Å². The molecule has 1 aliphatic rings. The number of anilines is 1. The van der Waals surface area contributed by atoms with Crippen LogP contribution in [0.2, 0.25) is 0 Å². The first-order chi connectivity index (χ1) is 12.2. The largest absolute Gasteiger partial charge is 0.462 e. The van der Waals surface area contributed by atoms with Crippen LogP contribution < -0.4 is 11.1 Å². The number of ether oxygens (including phenoxy) is 2. The molecule has 0 radical (unpaired) electrons. The van der Waals surface area contributed by atoms with E-state index in [1.807, 2.05) is 0 Å². The number of rotatable bonds is 6. The van der Waals surface area contributed by atoms with Crippen LogP contribution in [0.5, 0.6) is 0 Å². The van der Waals surface area contributed by atoms with Crippen molar-refractivity contribution < 1.29 is 27.5 Å². The van der Waals surface area contributed by atoms with Crippen molar-refractivity contribution in [1.29, 1.82) is 0 Å². The Morgan fingerprint density at radius 1 is 1.26 bits per heavy atom. The summed E-state index contributed by atoms with van der Waals surface area (Å²) in [6, 6.07) is 3.95. The number of nitrogens with two attached hydrogens (primary N) is 1. The van der Waals surface area contributed by atoms with Crippen LogP contribution in [0.15, 0.2) is 23.1 Å². The monoisotopic (exact) mass is 420 g/mol. The highest BCUT2D eigenvalue weighted by Crippen LogP contribution is 2.31. The van der Waals surface area contributed by atoms with E-state index in [2.05, 4.69) is 5.32 Å². The molecule has 10 heteroatoms. The van der Waals surface area contributed by atoms with Crippen LogP contribution in [0, 0.1) is 5.41 Å². The Labute approximate surface area is 165 Å². The Kier molecular flexibility index (Phi) is 8.22. The Bertz CT molecular complexity index is 791. The third-order valence-electron chi connectivity index (χ3n) is 4.43. The number of sulfone groups is 1. The Hall–Kier alpha value is -1.68. The Balaban J connectivity index is 0.00000364. The highest BCUT2D eigenvalue weighted by atomic mass is 35.5. The molecule has 0 aliphatic carbocycles. The van der Waals surface area contributed by atoms with Gasteiger partial charge in [0.25, 0.3) is 0 Å². The smallest absolute Gasteiger partial charge is 0.338 e. The van der Waals surface area contributed by atoms with Crippen LogP contribution in [0.25, 0.3) is 0 Å². The van der Waals surface area contributed by atoms with Gasteiger partial charge in [-0.15, -0.1) is 12.4 Å². The average Bonchev–Trinajstić information content (AvgIpc) is 2.61. The lowest BCUT2D eigenvalue weighted by Gasteiger charge is -2.34. The fourth-order valence-electron chi connectivity index (χ4n) is 2.77. The summed E-state index contributed by atoms with van der Waals surface area (Å²) >= 11 is 0. The van der Waals surface area contributed by atoms with E-state index in [9.17, 15) is 18.0 Å². The topological polar surface area (TPSA) is 125 Å². The summed E-state index contributed by atoms with van der Waals surface area (Å²) in [7, 11) is -3.58. The second-order valence-electron chi connectivity index (χ2n) is 6.29. The van der Waals surface area contributed by atoms with Gasteiger partial charge in [0, 0.05) is 31.7 Å². The molecule has 0 atom stereocenters. The van der Waals surface area contributed by atoms with Crippen molar-refractivity contribution in [3.05, 3.63) is 23.8 Å². The van der Waals surface area contributed by atoms with Crippen LogP contribution in [0.4, 0.5) is 5.69 Å². The molecule has 27 heavy (non-hydrogen) atoms. The van der Waals surface area contributed by atoms with Crippen LogP contribution in [0.3, 0.4) is 0 Å². The SMILES string of the molecule is CCOC(=O)c1cc(NC(=O)C2(CN)CCOCC2)cc(S(C)(=O)=O)c1.Cl. The zero-order chi connectivity index (χ0) is 19.4. The number of hydrogen-bond donors (Lipinski definition) is 2. The number of halogens is 1. The quantitative estimate of drug-likeness (QED) is 0.666. The number of esters is 1. The first-order valence-electron chi connectivity index (χ1n) is 8.33. The maximum atomic E-state index is 12.8. The molecule has 0 saturated carbocycles. The first-order valence-corrected chi connectivity index (χ1v) is 10.2. The van der Waals surface area contributed by atoms with Crippen LogP contribution >= 0.6 is 12.4 Å². The maximum absolute atomic E-state index is 12.8. The fraction of sp³-hybridized carbons (Fsp3) is 0.529. The predicted molar refractivity (Wildman–Crippen MR) is 103 cm³/mol. The molecule has 1 heterocycles. The lowest BCUT2D eigenvalue weighted by molar-refractivity contribution is -0.130. The number of carbonyl (C=O) groups excluding carboxylic acids is 2. The van der Waals surface area contributed by atoms with E-state index < -0.39 is 21.2 Å². The lowest BCUT2D eigenvalue weighted by atomic mass is 9.79. The van der Waals surface area contributed by atoms with Gasteiger partial charge < -0.3 is 20.5 Å². The van der Waals surface area contributed by atoms with Gasteiger partial charge in [0.05, 0.1) is 22.5 Å². The number of hydrogen-bond acceptors (Lipinski definition) is 7. The van der Waals surface area contributed by atoms with Gasteiger partial charge in [0.15, 0.2) is 9.84 Å². The molecule has 3 N–H and O–H groups in total. The zero-order valence-electron chi connectivity index (χ0n) is 15.3. The summed E-state index contributed by atoms with van der Waals surface area (Å²) in [5, 5.41) is 2.71. The van der Waals surface area contributed by atoms with E-state index in [1.165, 1.54) is 18.2 Å². The maximum Gasteiger partial charge on any atom is 0.338 e. The van der Waals surface area contributed by atoms with Gasteiger partial charge in [-0.05, 0) is 38.0 Å². The average molecular weight is 421 g/mol. The highest BCUT2D eigenvalue weighted by molar-refractivity contribution is 7.90. The molecule has 0 unspecified atom stereocenters. The van der Waals surface area contributed by atoms with Crippen molar-refractivity contribution in [2.75, 3.05) is 37.9 Å². The van der Waals surface area contributed by atoms with E-state index in [-0.39, 0.29) is 47.6 Å². The molecule has 1 fully saturated rings. The number of benzene rings is 1. The van der Waals surface area contributed by atoms with E-state index in [0.717, 1.165) is 6.26 Å². The highest BCUT2D eigenvalue weighted by Gasteiger charge is 2.39. The molecule has 1 aromatic carbocycles. The normalized spacial score (nSPS) is 16.1. The second kappa shape index (κ2) is 9.50. The van der Waals surface area contributed by atoms with Crippen LogP contribution in [-0.2, 0) is 24.1 Å². The van der Waals surface area contributed by atoms with Gasteiger partial charge in [0.1, 0.15) is 0 Å². The Morgan fingerprint density at radius 3 is 2.41 bits per heavy atom. The van der Waals surface area contributed by atoms with Gasteiger partial charge in [-0.2, -0.15) is 0 Å². The molecule has 152 valence electrons. The van der Waals surface area contributed by atoms with Crippen LogP contribution in [0.1, 0.15) is 30.1 Å². The molecule has 2 rings (SSSR count). The zero-order valence-corrected chi connectivity index (χ0v) is 17.0. The second-order valence-corrected chi connectivity index (χ2v) is 8.31. The molecule has 1 aromatic rings. The van der Waals surface area contributed by atoms with Gasteiger partial charge in [-0.3, -0.25) is 4.79 Å². The molecule has 1 saturated heterocycles. The number of carbonyl (C=O) groups is 2. The van der Waals surface area contributed by atoms with Crippen LogP contribution in [-0.4, -0.2) is 52.9 Å². The van der Waals surface area contributed by atoms with E-state index in [1.54, 1.807) is 6.92 Å². The fourth-order valence-corrected chi connectivity index (χ4v) is 3.45. The summed E-state index contributed by atoms with van der Waals surface area (Å²) in [6.45, 7) is 2.82. The van der Waals surface area contributed by atoms with Gasteiger partial charge in [0.2, 0.25) is 5.91 Å². The third-order valence-corrected chi connectivity index (χ3v) is 5.52. The number of nitrogens with one attached hydrogen (secondary N) is 1. The van der Waals surface area contributed by atoms with Crippen molar-refractivity contribution in [2.24, 2.45) is 11.1 Å². The van der Waals surface area contributed by atoms with Gasteiger partial charge >= 0.3 is 5.97 Å². The molecule has 0 bridgehead atoms. The van der Waals surface area contributed by atoms with Crippen molar-refractivity contribution in [3.63, 3.8) is 0 Å². The molecule has 0 spiro atoms. The lowest BCUT2D eigenvalue weighted by Crippen LogP contribution is -2.46. The molecule has 1 aliphatic heterocycles. The van der Waals surface area contributed by atoms with E-state index in [4.69, 9.17) is 15.2 Å². The summed E-state index contributed by atoms with van der Waals surface area (Å²) in [5.41, 5.74) is 5.31. The molecule has 1 amide bonds.